The van der Waals surface area contributed by atoms with Gasteiger partial charge in [-0.25, -0.2) is 13.1 Å². The summed E-state index contributed by atoms with van der Waals surface area (Å²) in [7, 11) is -3.15. The predicted octanol–water partition coefficient (Wildman–Crippen LogP) is -0.618. The molecule has 2 heterocycles. The van der Waals surface area contributed by atoms with E-state index >= 15 is 0 Å². The van der Waals surface area contributed by atoms with Gasteiger partial charge in [0.1, 0.15) is 0 Å². The van der Waals surface area contributed by atoms with Gasteiger partial charge >= 0.3 is 0 Å². The van der Waals surface area contributed by atoms with Crippen LogP contribution in [0.1, 0.15) is 19.8 Å². The number of nitrogens with zero attached hydrogens (tertiary/aromatic N) is 1. The Balaban J connectivity index is 1.80. The van der Waals surface area contributed by atoms with Crippen LogP contribution in [0.4, 0.5) is 0 Å². The Morgan fingerprint density at radius 1 is 1.32 bits per heavy atom. The highest BCUT2D eigenvalue weighted by Crippen LogP contribution is 2.21. The van der Waals surface area contributed by atoms with Gasteiger partial charge in [-0.05, 0) is 31.8 Å². The van der Waals surface area contributed by atoms with Gasteiger partial charge in [-0.3, -0.25) is 4.79 Å². The average molecular weight is 289 g/mol. The minimum atomic E-state index is -3.15. The fourth-order valence-corrected chi connectivity index (χ4v) is 3.52. The molecule has 110 valence electrons. The molecule has 2 fully saturated rings. The summed E-state index contributed by atoms with van der Waals surface area (Å²) in [5.41, 5.74) is 0. The van der Waals surface area contributed by atoms with Crippen molar-refractivity contribution in [3.63, 3.8) is 0 Å². The van der Waals surface area contributed by atoms with Crippen LogP contribution in [0, 0.1) is 11.8 Å². The van der Waals surface area contributed by atoms with E-state index in [0.29, 0.717) is 31.8 Å². The van der Waals surface area contributed by atoms with Crippen LogP contribution in [0.5, 0.6) is 0 Å². The first-order valence-corrected chi connectivity index (χ1v) is 8.73. The topological polar surface area (TPSA) is 78.5 Å². The lowest BCUT2D eigenvalue weighted by atomic mass is 9.87. The molecule has 1 atom stereocenters. The number of rotatable bonds is 4. The van der Waals surface area contributed by atoms with Gasteiger partial charge in [0, 0.05) is 25.0 Å². The molecular weight excluding hydrogens is 266 g/mol. The third-order valence-corrected chi connectivity index (χ3v) is 4.86. The fourth-order valence-electron chi connectivity index (χ4n) is 2.67. The van der Waals surface area contributed by atoms with Crippen LogP contribution in [0.15, 0.2) is 0 Å². The molecule has 0 spiro atoms. The minimum Gasteiger partial charge on any atom is -0.342 e. The molecule has 2 rings (SSSR count). The Bertz CT molecular complexity index is 426. The van der Waals surface area contributed by atoms with Gasteiger partial charge < -0.3 is 10.2 Å². The molecule has 0 aromatic carbocycles. The Kier molecular flexibility index (Phi) is 4.47. The molecule has 6 nitrogen and oxygen atoms in total. The van der Waals surface area contributed by atoms with Crippen molar-refractivity contribution in [3.05, 3.63) is 0 Å². The highest BCUT2D eigenvalue weighted by atomic mass is 32.2. The van der Waals surface area contributed by atoms with Gasteiger partial charge in [-0.1, -0.05) is 6.92 Å². The minimum absolute atomic E-state index is 0.0280. The number of carbonyl (C=O) groups is 1. The van der Waals surface area contributed by atoms with Gasteiger partial charge in [-0.2, -0.15) is 0 Å². The number of likely N-dealkylation sites (tertiary alicyclic amines) is 1. The lowest BCUT2D eigenvalue weighted by Crippen LogP contribution is -2.53. The molecule has 0 bridgehead atoms. The molecule has 0 saturated carbocycles. The molecule has 2 aliphatic heterocycles. The van der Waals surface area contributed by atoms with Crippen molar-refractivity contribution < 1.29 is 13.2 Å². The summed E-state index contributed by atoms with van der Waals surface area (Å²) in [6.45, 7) is 5.15. The van der Waals surface area contributed by atoms with Gasteiger partial charge in [0.05, 0.1) is 6.26 Å². The highest BCUT2D eigenvalue weighted by Gasteiger charge is 2.33. The SMILES string of the molecule is CC(C(=O)N1CCC(NS(C)(=O)=O)CC1)C1CNC1. The van der Waals surface area contributed by atoms with E-state index in [1.807, 2.05) is 11.8 Å². The van der Waals surface area contributed by atoms with Crippen molar-refractivity contribution >= 4 is 15.9 Å². The van der Waals surface area contributed by atoms with Crippen molar-refractivity contribution in [3.8, 4) is 0 Å². The first kappa shape index (κ1) is 14.7. The third-order valence-electron chi connectivity index (χ3n) is 4.10. The summed E-state index contributed by atoms with van der Waals surface area (Å²) in [4.78, 5) is 14.2. The fraction of sp³-hybridized carbons (Fsp3) is 0.917. The van der Waals surface area contributed by atoms with E-state index < -0.39 is 10.0 Å². The molecule has 2 saturated heterocycles. The number of hydrogen-bond donors (Lipinski definition) is 2. The molecule has 0 aliphatic carbocycles. The van der Waals surface area contributed by atoms with Crippen molar-refractivity contribution in [2.45, 2.75) is 25.8 Å². The Hall–Kier alpha value is -0.660. The zero-order valence-corrected chi connectivity index (χ0v) is 12.4. The van der Waals surface area contributed by atoms with E-state index in [-0.39, 0.29) is 17.9 Å². The van der Waals surface area contributed by atoms with E-state index in [9.17, 15) is 13.2 Å². The maximum absolute atomic E-state index is 12.3. The summed E-state index contributed by atoms with van der Waals surface area (Å²) >= 11 is 0. The van der Waals surface area contributed by atoms with Crippen LogP contribution in [-0.4, -0.2) is 57.7 Å². The van der Waals surface area contributed by atoms with Crippen molar-refractivity contribution in [2.24, 2.45) is 11.8 Å². The zero-order chi connectivity index (χ0) is 14.0. The molecule has 0 aromatic rings. The number of piperidine rings is 1. The largest absolute Gasteiger partial charge is 0.342 e. The smallest absolute Gasteiger partial charge is 0.225 e. The van der Waals surface area contributed by atoms with Crippen LogP contribution < -0.4 is 10.0 Å². The van der Waals surface area contributed by atoms with E-state index in [1.54, 1.807) is 0 Å². The number of amides is 1. The Morgan fingerprint density at radius 3 is 2.32 bits per heavy atom. The second-order valence-corrected chi connectivity index (χ2v) is 7.48. The van der Waals surface area contributed by atoms with Crippen LogP contribution in [0.25, 0.3) is 0 Å². The number of sulfonamides is 1. The lowest BCUT2D eigenvalue weighted by Gasteiger charge is -2.38. The summed E-state index contributed by atoms with van der Waals surface area (Å²) in [5, 5.41) is 3.19. The van der Waals surface area contributed by atoms with E-state index in [1.165, 1.54) is 6.26 Å². The second-order valence-electron chi connectivity index (χ2n) is 5.70. The maximum Gasteiger partial charge on any atom is 0.225 e. The van der Waals surface area contributed by atoms with Crippen molar-refractivity contribution in [1.82, 2.24) is 14.9 Å². The molecule has 1 amide bonds. The summed E-state index contributed by atoms with van der Waals surface area (Å²) in [6.07, 6.45) is 2.58. The standard InChI is InChI=1S/C12H23N3O3S/c1-9(10-7-13-8-10)12(16)15-5-3-11(4-6-15)14-19(2,17)18/h9-11,13-14H,3-8H2,1-2H3. The number of hydrogen-bond acceptors (Lipinski definition) is 4. The molecule has 2 N–H and O–H groups in total. The first-order valence-electron chi connectivity index (χ1n) is 6.83. The normalized spacial score (nSPS) is 24.0. The molecule has 7 heteroatoms. The molecule has 1 unspecified atom stereocenters. The molecule has 0 radical (unpaired) electrons. The van der Waals surface area contributed by atoms with E-state index in [4.69, 9.17) is 0 Å². The predicted molar refractivity (Wildman–Crippen MR) is 73.1 cm³/mol. The maximum atomic E-state index is 12.3. The summed E-state index contributed by atoms with van der Waals surface area (Å²) in [5.74, 6) is 0.740. The molecular formula is C12H23N3O3S. The highest BCUT2D eigenvalue weighted by molar-refractivity contribution is 7.88. The number of nitrogens with one attached hydrogen (secondary N) is 2. The van der Waals surface area contributed by atoms with E-state index in [0.717, 1.165) is 13.1 Å². The third kappa shape index (κ3) is 3.90. The van der Waals surface area contributed by atoms with Crippen LogP contribution in [-0.2, 0) is 14.8 Å². The molecule has 19 heavy (non-hydrogen) atoms. The second kappa shape index (κ2) is 5.76. The average Bonchev–Trinajstić information content (AvgIpc) is 2.24. The van der Waals surface area contributed by atoms with E-state index in [2.05, 4.69) is 10.0 Å². The van der Waals surface area contributed by atoms with Gasteiger partial charge in [0.15, 0.2) is 0 Å². The summed E-state index contributed by atoms with van der Waals surface area (Å²) in [6, 6.07) is -0.0280. The molecule has 0 aromatic heterocycles. The van der Waals surface area contributed by atoms with Crippen LogP contribution in [0.2, 0.25) is 0 Å². The Morgan fingerprint density at radius 2 is 1.89 bits per heavy atom. The summed E-state index contributed by atoms with van der Waals surface area (Å²) < 4.78 is 24.9. The first-order chi connectivity index (χ1) is 8.87. The zero-order valence-electron chi connectivity index (χ0n) is 11.6. The molecule has 2 aliphatic rings. The Labute approximate surface area is 115 Å². The number of carbonyl (C=O) groups excluding carboxylic acids is 1. The van der Waals surface area contributed by atoms with Gasteiger partial charge in [-0.15, -0.1) is 0 Å². The lowest BCUT2D eigenvalue weighted by molar-refractivity contribution is -0.138. The monoisotopic (exact) mass is 289 g/mol. The van der Waals surface area contributed by atoms with Crippen LogP contribution in [0.3, 0.4) is 0 Å². The van der Waals surface area contributed by atoms with Crippen LogP contribution >= 0.6 is 0 Å². The van der Waals surface area contributed by atoms with Crippen molar-refractivity contribution in [2.75, 3.05) is 32.4 Å². The van der Waals surface area contributed by atoms with Crippen molar-refractivity contribution in [1.29, 1.82) is 0 Å². The quantitative estimate of drug-likeness (QED) is 0.723. The van der Waals surface area contributed by atoms with Gasteiger partial charge in [0.2, 0.25) is 15.9 Å². The van der Waals surface area contributed by atoms with Gasteiger partial charge in [0.25, 0.3) is 0 Å².